The quantitative estimate of drug-likeness (QED) is 0.929. The molecule has 0 aliphatic carbocycles. The van der Waals surface area contributed by atoms with Crippen LogP contribution < -0.4 is 5.32 Å². The Hall–Kier alpha value is -1.06. The molecule has 1 atom stereocenters. The summed E-state index contributed by atoms with van der Waals surface area (Å²) >= 11 is 5.99. The van der Waals surface area contributed by atoms with Crippen LogP contribution in [0.5, 0.6) is 0 Å². The SMILES string of the molecule is CN(Cc1cccc(Cl)c1)C(=O)C1NCCCC1(C)C. The van der Waals surface area contributed by atoms with Gasteiger partial charge in [0.25, 0.3) is 0 Å². The van der Waals surface area contributed by atoms with E-state index in [1.807, 2.05) is 31.3 Å². The summed E-state index contributed by atoms with van der Waals surface area (Å²) in [6, 6.07) is 7.57. The first-order valence-electron chi connectivity index (χ1n) is 7.13. The maximum absolute atomic E-state index is 12.6. The number of carbonyl (C=O) groups excluding carboxylic acids is 1. The lowest BCUT2D eigenvalue weighted by atomic mass is 9.77. The fraction of sp³-hybridized carbons (Fsp3) is 0.562. The molecule has 1 aliphatic heterocycles. The zero-order valence-corrected chi connectivity index (χ0v) is 13.2. The minimum absolute atomic E-state index is 0.0118. The smallest absolute Gasteiger partial charge is 0.240 e. The van der Waals surface area contributed by atoms with Crippen molar-refractivity contribution in [1.82, 2.24) is 10.2 Å². The standard InChI is InChI=1S/C16H23ClN2O/c1-16(2)8-5-9-18-14(16)15(20)19(3)11-12-6-4-7-13(17)10-12/h4,6-7,10,14,18H,5,8-9,11H2,1-3H3. The van der Waals surface area contributed by atoms with Crippen molar-refractivity contribution in [3.8, 4) is 0 Å². The second kappa shape index (κ2) is 6.15. The van der Waals surface area contributed by atoms with E-state index >= 15 is 0 Å². The Balaban J connectivity index is 2.05. The zero-order valence-electron chi connectivity index (χ0n) is 12.4. The van der Waals surface area contributed by atoms with Crippen LogP contribution in [-0.4, -0.2) is 30.4 Å². The van der Waals surface area contributed by atoms with Crippen LogP contribution in [0.15, 0.2) is 24.3 Å². The van der Waals surface area contributed by atoms with Gasteiger partial charge in [0.15, 0.2) is 0 Å². The summed E-state index contributed by atoms with van der Waals surface area (Å²) in [7, 11) is 1.86. The lowest BCUT2D eigenvalue weighted by Crippen LogP contribution is -2.55. The van der Waals surface area contributed by atoms with Gasteiger partial charge in [-0.3, -0.25) is 4.79 Å². The van der Waals surface area contributed by atoms with E-state index < -0.39 is 0 Å². The number of carbonyl (C=O) groups is 1. The molecule has 4 heteroatoms. The van der Waals surface area contributed by atoms with Gasteiger partial charge in [0.1, 0.15) is 0 Å². The minimum Gasteiger partial charge on any atom is -0.340 e. The number of nitrogens with zero attached hydrogens (tertiary/aromatic N) is 1. The highest BCUT2D eigenvalue weighted by molar-refractivity contribution is 6.30. The molecule has 1 saturated heterocycles. The van der Waals surface area contributed by atoms with Crippen LogP contribution in [0.4, 0.5) is 0 Å². The number of benzene rings is 1. The first-order chi connectivity index (χ1) is 9.40. The fourth-order valence-electron chi connectivity index (χ4n) is 2.84. The van der Waals surface area contributed by atoms with Gasteiger partial charge in [0.2, 0.25) is 5.91 Å². The lowest BCUT2D eigenvalue weighted by molar-refractivity contribution is -0.136. The molecule has 1 N–H and O–H groups in total. The maximum Gasteiger partial charge on any atom is 0.240 e. The molecular weight excluding hydrogens is 272 g/mol. The van der Waals surface area contributed by atoms with Crippen LogP contribution in [-0.2, 0) is 11.3 Å². The molecule has 1 fully saturated rings. The molecule has 0 spiro atoms. The van der Waals surface area contributed by atoms with E-state index in [4.69, 9.17) is 11.6 Å². The Bertz CT molecular complexity index is 487. The number of halogens is 1. The third kappa shape index (κ3) is 3.53. The van der Waals surface area contributed by atoms with Gasteiger partial charge in [-0.25, -0.2) is 0 Å². The molecule has 20 heavy (non-hydrogen) atoms. The van der Waals surface area contributed by atoms with Gasteiger partial charge in [-0.05, 0) is 42.5 Å². The molecule has 1 amide bonds. The number of piperidine rings is 1. The highest BCUT2D eigenvalue weighted by Crippen LogP contribution is 2.31. The highest BCUT2D eigenvalue weighted by atomic mass is 35.5. The Kier molecular flexibility index (Phi) is 4.71. The lowest BCUT2D eigenvalue weighted by Gasteiger charge is -2.40. The molecule has 1 aliphatic rings. The molecule has 0 saturated carbocycles. The van der Waals surface area contributed by atoms with Crippen molar-refractivity contribution in [2.45, 2.75) is 39.3 Å². The van der Waals surface area contributed by atoms with E-state index in [-0.39, 0.29) is 17.4 Å². The second-order valence-corrected chi connectivity index (χ2v) is 6.74. The highest BCUT2D eigenvalue weighted by Gasteiger charge is 2.38. The van der Waals surface area contributed by atoms with Crippen LogP contribution in [0, 0.1) is 5.41 Å². The van der Waals surface area contributed by atoms with E-state index in [9.17, 15) is 4.79 Å². The van der Waals surface area contributed by atoms with E-state index in [2.05, 4.69) is 19.2 Å². The molecule has 1 aromatic rings. The number of hydrogen-bond acceptors (Lipinski definition) is 2. The summed E-state index contributed by atoms with van der Waals surface area (Å²) in [4.78, 5) is 14.4. The predicted molar refractivity (Wildman–Crippen MR) is 82.7 cm³/mol. The largest absolute Gasteiger partial charge is 0.340 e. The van der Waals surface area contributed by atoms with Gasteiger partial charge in [-0.15, -0.1) is 0 Å². The predicted octanol–water partition coefficient (Wildman–Crippen LogP) is 3.08. The summed E-state index contributed by atoms with van der Waals surface area (Å²) in [6.07, 6.45) is 2.22. The average molecular weight is 295 g/mol. The second-order valence-electron chi connectivity index (χ2n) is 6.30. The van der Waals surface area contributed by atoms with Gasteiger partial charge in [-0.2, -0.15) is 0 Å². The van der Waals surface area contributed by atoms with Crippen LogP contribution in [0.2, 0.25) is 5.02 Å². The van der Waals surface area contributed by atoms with Crippen molar-refractivity contribution in [2.24, 2.45) is 5.41 Å². The Morgan fingerprint density at radius 3 is 2.90 bits per heavy atom. The Morgan fingerprint density at radius 2 is 2.25 bits per heavy atom. The van der Waals surface area contributed by atoms with Crippen molar-refractivity contribution in [3.05, 3.63) is 34.9 Å². The van der Waals surface area contributed by atoms with E-state index in [1.54, 1.807) is 4.90 Å². The van der Waals surface area contributed by atoms with Crippen LogP contribution in [0.25, 0.3) is 0 Å². The van der Waals surface area contributed by atoms with Gasteiger partial charge >= 0.3 is 0 Å². The molecule has 1 aromatic carbocycles. The summed E-state index contributed by atoms with van der Waals surface area (Å²) in [5.74, 6) is 0.162. The minimum atomic E-state index is -0.0968. The number of rotatable bonds is 3. The molecule has 1 heterocycles. The molecule has 1 unspecified atom stereocenters. The summed E-state index contributed by atoms with van der Waals surface area (Å²) in [5.41, 5.74) is 1.07. The third-order valence-corrected chi connectivity index (χ3v) is 4.29. The van der Waals surface area contributed by atoms with Crippen molar-refractivity contribution in [1.29, 1.82) is 0 Å². The van der Waals surface area contributed by atoms with Crippen LogP contribution >= 0.6 is 11.6 Å². The first kappa shape index (κ1) is 15.3. The number of amides is 1. The van der Waals surface area contributed by atoms with Gasteiger partial charge in [0.05, 0.1) is 6.04 Å². The van der Waals surface area contributed by atoms with Gasteiger partial charge < -0.3 is 10.2 Å². The van der Waals surface area contributed by atoms with Gasteiger partial charge in [0, 0.05) is 18.6 Å². The molecule has 2 rings (SSSR count). The Morgan fingerprint density at radius 1 is 1.50 bits per heavy atom. The number of nitrogens with one attached hydrogen (secondary N) is 1. The van der Waals surface area contributed by atoms with Crippen LogP contribution in [0.1, 0.15) is 32.3 Å². The Labute approximate surface area is 126 Å². The average Bonchev–Trinajstić information content (AvgIpc) is 2.37. The van der Waals surface area contributed by atoms with E-state index in [0.717, 1.165) is 24.9 Å². The molecule has 0 radical (unpaired) electrons. The van der Waals surface area contributed by atoms with E-state index in [0.29, 0.717) is 11.6 Å². The fourth-order valence-corrected chi connectivity index (χ4v) is 3.05. The van der Waals surface area contributed by atoms with E-state index in [1.165, 1.54) is 0 Å². The molecular formula is C16H23ClN2O. The van der Waals surface area contributed by atoms with Gasteiger partial charge in [-0.1, -0.05) is 37.6 Å². The maximum atomic E-state index is 12.6. The monoisotopic (exact) mass is 294 g/mol. The van der Waals surface area contributed by atoms with Crippen molar-refractivity contribution < 1.29 is 4.79 Å². The van der Waals surface area contributed by atoms with Crippen LogP contribution in [0.3, 0.4) is 0 Å². The molecule has 0 bridgehead atoms. The third-order valence-electron chi connectivity index (χ3n) is 4.06. The van der Waals surface area contributed by atoms with Crippen molar-refractivity contribution >= 4 is 17.5 Å². The summed E-state index contributed by atoms with van der Waals surface area (Å²) in [6.45, 7) is 5.84. The normalized spacial score (nSPS) is 21.5. The zero-order chi connectivity index (χ0) is 14.8. The topological polar surface area (TPSA) is 32.3 Å². The number of likely N-dealkylation sites (N-methyl/N-ethyl adjacent to an activating group) is 1. The molecule has 110 valence electrons. The molecule has 3 nitrogen and oxygen atoms in total. The van der Waals surface area contributed by atoms with Crippen molar-refractivity contribution in [2.75, 3.05) is 13.6 Å². The first-order valence-corrected chi connectivity index (χ1v) is 7.51. The number of hydrogen-bond donors (Lipinski definition) is 1. The van der Waals surface area contributed by atoms with Crippen molar-refractivity contribution in [3.63, 3.8) is 0 Å². The molecule has 0 aromatic heterocycles. The summed E-state index contributed by atoms with van der Waals surface area (Å²) < 4.78 is 0. The summed E-state index contributed by atoms with van der Waals surface area (Å²) in [5, 5.41) is 4.08.